The van der Waals surface area contributed by atoms with E-state index < -0.39 is 18.0 Å². The lowest BCUT2D eigenvalue weighted by molar-refractivity contribution is -0.148. The van der Waals surface area contributed by atoms with Crippen LogP contribution in [0.25, 0.3) is 10.8 Å². The van der Waals surface area contributed by atoms with Crippen molar-refractivity contribution in [2.45, 2.75) is 44.3 Å². The van der Waals surface area contributed by atoms with E-state index in [0.717, 1.165) is 16.3 Å². The van der Waals surface area contributed by atoms with Gasteiger partial charge in [0.1, 0.15) is 12.1 Å². The van der Waals surface area contributed by atoms with Crippen molar-refractivity contribution in [1.82, 2.24) is 9.80 Å². The van der Waals surface area contributed by atoms with Crippen LogP contribution in [0, 0.1) is 0 Å². The standard InChI is InChI=1S/C35H36ClN5O4/c1-22-16-17-40(30(34(38)44)20-25-8-4-7-24-6-2-3-11-29(24)25)35(45)33(26-9-5-10-27(36)19-26)41(22)32(43)18-23-12-14-28(15-13-23)39-31(42)21-37/h2-15,19,22,30,33H,16-18,20-21,37H2,1H3,(H2,38,44)(H,39,42). The third-order valence-electron chi connectivity index (χ3n) is 8.29. The fourth-order valence-corrected chi connectivity index (χ4v) is 6.21. The molecule has 3 atom stereocenters. The van der Waals surface area contributed by atoms with Crippen LogP contribution in [0.3, 0.4) is 0 Å². The number of carbonyl (C=O) groups is 4. The SMILES string of the molecule is CC1CCN(C(Cc2cccc3ccccc23)C(N)=O)C(=O)C(c2cccc(Cl)c2)N1C(=O)Cc1ccc(NC(=O)CN)cc1. The Balaban J connectivity index is 1.48. The zero-order chi connectivity index (χ0) is 32.1. The maximum Gasteiger partial charge on any atom is 0.250 e. The van der Waals surface area contributed by atoms with Gasteiger partial charge in [0.25, 0.3) is 5.91 Å². The summed E-state index contributed by atoms with van der Waals surface area (Å²) in [7, 11) is 0. The Bertz CT molecular complexity index is 1720. The molecule has 5 N–H and O–H groups in total. The summed E-state index contributed by atoms with van der Waals surface area (Å²) in [6, 6.07) is 25.3. The Morgan fingerprint density at radius 2 is 1.69 bits per heavy atom. The molecule has 0 aromatic heterocycles. The molecular formula is C35H36ClN5O4. The van der Waals surface area contributed by atoms with E-state index in [9.17, 15) is 19.2 Å². The molecule has 0 spiro atoms. The van der Waals surface area contributed by atoms with Gasteiger partial charge in [-0.1, -0.05) is 78.3 Å². The number of amides is 4. The van der Waals surface area contributed by atoms with Crippen molar-refractivity contribution in [1.29, 1.82) is 0 Å². The highest BCUT2D eigenvalue weighted by molar-refractivity contribution is 6.30. The number of carbonyl (C=O) groups excluding carboxylic acids is 4. The molecule has 1 aliphatic rings. The van der Waals surface area contributed by atoms with Crippen LogP contribution in [0.2, 0.25) is 5.02 Å². The van der Waals surface area contributed by atoms with Crippen molar-refractivity contribution < 1.29 is 19.2 Å². The first-order chi connectivity index (χ1) is 21.7. The van der Waals surface area contributed by atoms with Gasteiger partial charge in [0.15, 0.2) is 0 Å². The summed E-state index contributed by atoms with van der Waals surface area (Å²) < 4.78 is 0. The summed E-state index contributed by atoms with van der Waals surface area (Å²) in [6.07, 6.45) is 0.701. The van der Waals surface area contributed by atoms with E-state index >= 15 is 0 Å². The van der Waals surface area contributed by atoms with Crippen molar-refractivity contribution >= 4 is 51.7 Å². The quantitative estimate of drug-likeness (QED) is 0.256. The van der Waals surface area contributed by atoms with E-state index in [1.807, 2.05) is 49.4 Å². The van der Waals surface area contributed by atoms with Gasteiger partial charge in [-0.3, -0.25) is 19.2 Å². The molecule has 232 valence electrons. The van der Waals surface area contributed by atoms with Crippen LogP contribution in [0.1, 0.15) is 36.1 Å². The number of hydrogen-bond acceptors (Lipinski definition) is 5. The summed E-state index contributed by atoms with van der Waals surface area (Å²) >= 11 is 6.38. The van der Waals surface area contributed by atoms with Gasteiger partial charge in [-0.05, 0) is 65.1 Å². The van der Waals surface area contributed by atoms with E-state index in [0.29, 0.717) is 28.3 Å². The minimum Gasteiger partial charge on any atom is -0.368 e. The average molecular weight is 626 g/mol. The first-order valence-corrected chi connectivity index (χ1v) is 15.3. The smallest absolute Gasteiger partial charge is 0.250 e. The van der Waals surface area contributed by atoms with Crippen molar-refractivity contribution in [2.24, 2.45) is 11.5 Å². The highest BCUT2D eigenvalue weighted by Crippen LogP contribution is 2.33. The maximum absolute atomic E-state index is 14.6. The zero-order valence-corrected chi connectivity index (χ0v) is 25.7. The van der Waals surface area contributed by atoms with Gasteiger partial charge in [-0.25, -0.2) is 0 Å². The Labute approximate surface area is 267 Å². The average Bonchev–Trinajstić information content (AvgIpc) is 3.16. The molecule has 1 fully saturated rings. The molecule has 4 aromatic rings. The molecule has 1 heterocycles. The number of rotatable bonds is 9. The van der Waals surface area contributed by atoms with E-state index in [4.69, 9.17) is 23.1 Å². The summed E-state index contributed by atoms with van der Waals surface area (Å²) in [6.45, 7) is 2.01. The fraction of sp³-hybridized carbons (Fsp3) is 0.257. The van der Waals surface area contributed by atoms with Crippen LogP contribution in [-0.2, 0) is 32.0 Å². The third-order valence-corrected chi connectivity index (χ3v) is 8.52. The number of anilines is 1. The lowest BCUT2D eigenvalue weighted by atomic mass is 9.96. The monoisotopic (exact) mass is 625 g/mol. The maximum atomic E-state index is 14.6. The second-order valence-corrected chi connectivity index (χ2v) is 11.8. The summed E-state index contributed by atoms with van der Waals surface area (Å²) in [5.41, 5.74) is 14.1. The van der Waals surface area contributed by atoms with Crippen LogP contribution in [0.5, 0.6) is 0 Å². The molecule has 45 heavy (non-hydrogen) atoms. The second-order valence-electron chi connectivity index (χ2n) is 11.3. The first-order valence-electron chi connectivity index (χ1n) is 14.9. The van der Waals surface area contributed by atoms with Crippen molar-refractivity contribution in [3.05, 3.63) is 113 Å². The number of nitrogens with one attached hydrogen (secondary N) is 1. The number of nitrogens with zero attached hydrogens (tertiary/aromatic N) is 2. The second kappa shape index (κ2) is 13.9. The van der Waals surface area contributed by atoms with Crippen LogP contribution < -0.4 is 16.8 Å². The van der Waals surface area contributed by atoms with Gasteiger partial charge in [0.2, 0.25) is 17.7 Å². The number of primary amides is 1. The predicted octanol–water partition coefficient (Wildman–Crippen LogP) is 4.22. The topological polar surface area (TPSA) is 139 Å². The van der Waals surface area contributed by atoms with E-state index in [-0.39, 0.29) is 49.7 Å². The highest BCUT2D eigenvalue weighted by atomic mass is 35.5. The Hall–Kier alpha value is -4.73. The van der Waals surface area contributed by atoms with E-state index in [1.165, 1.54) is 4.90 Å². The van der Waals surface area contributed by atoms with Crippen molar-refractivity contribution in [3.63, 3.8) is 0 Å². The molecule has 4 aromatic carbocycles. The normalized spacial score (nSPS) is 17.5. The lowest BCUT2D eigenvalue weighted by Crippen LogP contribution is -2.52. The van der Waals surface area contributed by atoms with Gasteiger partial charge in [-0.2, -0.15) is 0 Å². The van der Waals surface area contributed by atoms with Gasteiger partial charge in [-0.15, -0.1) is 0 Å². The Morgan fingerprint density at radius 1 is 0.978 bits per heavy atom. The van der Waals surface area contributed by atoms with Crippen LogP contribution in [0.4, 0.5) is 5.69 Å². The van der Waals surface area contributed by atoms with Gasteiger partial charge in [0, 0.05) is 29.7 Å². The number of benzene rings is 4. The van der Waals surface area contributed by atoms with Crippen LogP contribution >= 0.6 is 11.6 Å². The Morgan fingerprint density at radius 3 is 2.40 bits per heavy atom. The van der Waals surface area contributed by atoms with Crippen molar-refractivity contribution in [2.75, 3.05) is 18.4 Å². The molecule has 1 aliphatic heterocycles. The Kier molecular flexibility index (Phi) is 9.80. The zero-order valence-electron chi connectivity index (χ0n) is 25.0. The molecule has 0 bridgehead atoms. The fourth-order valence-electron chi connectivity index (χ4n) is 6.01. The largest absolute Gasteiger partial charge is 0.368 e. The molecule has 0 radical (unpaired) electrons. The molecule has 9 nitrogen and oxygen atoms in total. The third kappa shape index (κ3) is 7.16. The first kappa shape index (κ1) is 31.7. The number of halogens is 1. The number of nitrogens with two attached hydrogens (primary N) is 2. The lowest BCUT2D eigenvalue weighted by Gasteiger charge is -2.36. The van der Waals surface area contributed by atoms with Crippen LogP contribution in [0.15, 0.2) is 91.0 Å². The highest BCUT2D eigenvalue weighted by Gasteiger charge is 2.43. The molecular weight excluding hydrogens is 590 g/mol. The van der Waals surface area contributed by atoms with Crippen LogP contribution in [-0.4, -0.2) is 58.6 Å². The molecule has 5 rings (SSSR count). The molecule has 1 saturated heterocycles. The molecule has 0 saturated carbocycles. The van der Waals surface area contributed by atoms with Gasteiger partial charge < -0.3 is 26.6 Å². The minimum atomic E-state index is -1.02. The van der Waals surface area contributed by atoms with E-state index in [1.54, 1.807) is 53.4 Å². The molecule has 4 amide bonds. The predicted molar refractivity (Wildman–Crippen MR) is 175 cm³/mol. The summed E-state index contributed by atoms with van der Waals surface area (Å²) in [4.78, 5) is 56.5. The van der Waals surface area contributed by atoms with Gasteiger partial charge >= 0.3 is 0 Å². The van der Waals surface area contributed by atoms with Crippen molar-refractivity contribution in [3.8, 4) is 0 Å². The van der Waals surface area contributed by atoms with E-state index in [2.05, 4.69) is 5.32 Å². The number of hydrogen-bond donors (Lipinski definition) is 3. The summed E-state index contributed by atoms with van der Waals surface area (Å²) in [5.74, 6) is -1.58. The summed E-state index contributed by atoms with van der Waals surface area (Å²) in [5, 5.41) is 5.12. The number of fused-ring (bicyclic) bond motifs is 1. The molecule has 10 heteroatoms. The molecule has 3 unspecified atom stereocenters. The van der Waals surface area contributed by atoms with Gasteiger partial charge in [0.05, 0.1) is 13.0 Å². The minimum absolute atomic E-state index is 0.0229. The molecule has 0 aliphatic carbocycles.